The van der Waals surface area contributed by atoms with Crippen LogP contribution in [0, 0.1) is 5.82 Å². The monoisotopic (exact) mass is 279 g/mol. The Hall–Kier alpha value is -1.95. The van der Waals surface area contributed by atoms with Crippen molar-refractivity contribution >= 4 is 17.5 Å². The Bertz CT molecular complexity index is 533. The third-order valence-electron chi connectivity index (χ3n) is 3.40. The van der Waals surface area contributed by atoms with E-state index in [1.165, 1.54) is 6.07 Å². The van der Waals surface area contributed by atoms with E-state index >= 15 is 0 Å². The zero-order chi connectivity index (χ0) is 14.7. The van der Waals surface area contributed by atoms with Crippen molar-refractivity contribution in [1.82, 2.24) is 10.6 Å². The molecular weight excluding hydrogens is 261 g/mol. The van der Waals surface area contributed by atoms with Crippen LogP contribution in [-0.4, -0.2) is 31.4 Å². The molecule has 5 nitrogen and oxygen atoms in total. The first-order chi connectivity index (χ1) is 9.58. The standard InChI is InChI=1S/C14H18FN3O2/c1-3-11-14(20)17-13(19)8-18(11)12-6-4-5-10(15)9(12)7-16-2/h4-6,11,16H,3,7-8H2,1-2H3,(H,17,19,20). The average Bonchev–Trinajstić information content (AvgIpc) is 2.40. The van der Waals surface area contributed by atoms with E-state index in [1.807, 2.05) is 6.92 Å². The molecule has 0 radical (unpaired) electrons. The number of carbonyl (C=O) groups is 2. The molecule has 1 saturated heterocycles. The molecule has 1 heterocycles. The highest BCUT2D eigenvalue weighted by atomic mass is 19.1. The second-order valence-electron chi connectivity index (χ2n) is 4.73. The molecule has 0 aromatic heterocycles. The van der Waals surface area contributed by atoms with Gasteiger partial charge in [0.15, 0.2) is 0 Å². The Morgan fingerprint density at radius 3 is 2.85 bits per heavy atom. The van der Waals surface area contributed by atoms with Crippen LogP contribution in [0.1, 0.15) is 18.9 Å². The number of imide groups is 1. The number of anilines is 1. The first-order valence-corrected chi connectivity index (χ1v) is 6.60. The molecule has 2 amide bonds. The average molecular weight is 279 g/mol. The van der Waals surface area contributed by atoms with Crippen molar-refractivity contribution in [2.45, 2.75) is 25.9 Å². The molecule has 6 heteroatoms. The number of hydrogen-bond donors (Lipinski definition) is 2. The van der Waals surface area contributed by atoms with Crippen molar-refractivity contribution in [3.05, 3.63) is 29.6 Å². The second-order valence-corrected chi connectivity index (χ2v) is 4.73. The maximum Gasteiger partial charge on any atom is 0.249 e. The van der Waals surface area contributed by atoms with Crippen molar-refractivity contribution in [3.63, 3.8) is 0 Å². The zero-order valence-electron chi connectivity index (χ0n) is 11.6. The third-order valence-corrected chi connectivity index (χ3v) is 3.40. The number of nitrogens with one attached hydrogen (secondary N) is 2. The minimum absolute atomic E-state index is 0.0599. The molecule has 2 N–H and O–H groups in total. The Balaban J connectivity index is 2.44. The van der Waals surface area contributed by atoms with Crippen LogP contribution in [-0.2, 0) is 16.1 Å². The van der Waals surface area contributed by atoms with E-state index in [2.05, 4.69) is 10.6 Å². The summed E-state index contributed by atoms with van der Waals surface area (Å²) >= 11 is 0. The van der Waals surface area contributed by atoms with E-state index in [0.29, 0.717) is 24.2 Å². The van der Waals surface area contributed by atoms with Crippen LogP contribution in [0.3, 0.4) is 0 Å². The fourth-order valence-electron chi connectivity index (χ4n) is 2.49. The van der Waals surface area contributed by atoms with Crippen LogP contribution >= 0.6 is 0 Å². The lowest BCUT2D eigenvalue weighted by atomic mass is 10.0. The molecule has 20 heavy (non-hydrogen) atoms. The van der Waals surface area contributed by atoms with Gasteiger partial charge in [0, 0.05) is 17.8 Å². The third kappa shape index (κ3) is 2.65. The van der Waals surface area contributed by atoms with Gasteiger partial charge in [0.1, 0.15) is 11.9 Å². The van der Waals surface area contributed by atoms with Gasteiger partial charge in [-0.25, -0.2) is 4.39 Å². The molecular formula is C14H18FN3O2. The summed E-state index contributed by atoms with van der Waals surface area (Å²) in [6.07, 6.45) is 0.550. The highest BCUT2D eigenvalue weighted by Gasteiger charge is 2.33. The molecule has 1 unspecified atom stereocenters. The lowest BCUT2D eigenvalue weighted by Crippen LogP contribution is -2.58. The van der Waals surface area contributed by atoms with Crippen LogP contribution < -0.4 is 15.5 Å². The van der Waals surface area contributed by atoms with E-state index in [9.17, 15) is 14.0 Å². The largest absolute Gasteiger partial charge is 0.350 e. The van der Waals surface area contributed by atoms with Crippen LogP contribution in [0.2, 0.25) is 0 Å². The molecule has 2 rings (SSSR count). The van der Waals surface area contributed by atoms with E-state index in [0.717, 1.165) is 0 Å². The van der Waals surface area contributed by atoms with Gasteiger partial charge in [-0.05, 0) is 25.6 Å². The van der Waals surface area contributed by atoms with Gasteiger partial charge in [-0.1, -0.05) is 13.0 Å². The first kappa shape index (κ1) is 14.5. The van der Waals surface area contributed by atoms with Gasteiger partial charge in [0.2, 0.25) is 11.8 Å². The number of amides is 2. The number of nitrogens with zero attached hydrogens (tertiary/aromatic N) is 1. The van der Waals surface area contributed by atoms with Crippen LogP contribution in [0.5, 0.6) is 0 Å². The number of carbonyl (C=O) groups excluding carboxylic acids is 2. The summed E-state index contributed by atoms with van der Waals surface area (Å²) in [5.41, 5.74) is 1.06. The quantitative estimate of drug-likeness (QED) is 0.800. The van der Waals surface area contributed by atoms with Crippen molar-refractivity contribution in [2.75, 3.05) is 18.5 Å². The molecule has 0 aliphatic carbocycles. The van der Waals surface area contributed by atoms with E-state index in [1.54, 1.807) is 24.1 Å². The maximum atomic E-state index is 14.0. The summed E-state index contributed by atoms with van der Waals surface area (Å²) in [4.78, 5) is 25.2. The van der Waals surface area contributed by atoms with Gasteiger partial charge < -0.3 is 10.2 Å². The molecule has 0 spiro atoms. The number of piperazine rings is 1. The maximum absolute atomic E-state index is 14.0. The minimum Gasteiger partial charge on any atom is -0.350 e. The lowest BCUT2D eigenvalue weighted by Gasteiger charge is -2.36. The van der Waals surface area contributed by atoms with E-state index in [4.69, 9.17) is 0 Å². The molecule has 0 bridgehead atoms. The summed E-state index contributed by atoms with van der Waals surface area (Å²) < 4.78 is 14.0. The predicted octanol–water partition coefficient (Wildman–Crippen LogP) is 0.786. The Kier molecular flexibility index (Phi) is 4.34. The fraction of sp³-hybridized carbons (Fsp3) is 0.429. The van der Waals surface area contributed by atoms with Gasteiger partial charge in [0.05, 0.1) is 6.54 Å². The van der Waals surface area contributed by atoms with Gasteiger partial charge in [-0.3, -0.25) is 14.9 Å². The van der Waals surface area contributed by atoms with Crippen molar-refractivity contribution in [2.24, 2.45) is 0 Å². The zero-order valence-corrected chi connectivity index (χ0v) is 11.6. The van der Waals surface area contributed by atoms with Gasteiger partial charge in [-0.2, -0.15) is 0 Å². The number of benzene rings is 1. The molecule has 1 aromatic carbocycles. The Morgan fingerprint density at radius 2 is 2.20 bits per heavy atom. The molecule has 1 aliphatic rings. The summed E-state index contributed by atoms with van der Waals surface area (Å²) in [5.74, 6) is -1.03. The smallest absolute Gasteiger partial charge is 0.249 e. The van der Waals surface area contributed by atoms with Gasteiger partial charge >= 0.3 is 0 Å². The second kappa shape index (κ2) is 6.00. The fourth-order valence-corrected chi connectivity index (χ4v) is 2.49. The summed E-state index contributed by atoms with van der Waals surface area (Å²) in [5, 5.41) is 5.22. The van der Waals surface area contributed by atoms with Crippen LogP contribution in [0.25, 0.3) is 0 Å². The lowest BCUT2D eigenvalue weighted by molar-refractivity contribution is -0.132. The van der Waals surface area contributed by atoms with Gasteiger partial charge in [-0.15, -0.1) is 0 Å². The van der Waals surface area contributed by atoms with E-state index < -0.39 is 6.04 Å². The molecule has 1 aliphatic heterocycles. The van der Waals surface area contributed by atoms with Crippen molar-refractivity contribution < 1.29 is 14.0 Å². The normalized spacial score (nSPS) is 19.1. The number of halogens is 1. The van der Waals surface area contributed by atoms with Crippen molar-refractivity contribution in [1.29, 1.82) is 0 Å². The summed E-state index contributed by atoms with van der Waals surface area (Å²) in [6, 6.07) is 4.26. The number of hydrogen-bond acceptors (Lipinski definition) is 4. The SMILES string of the molecule is CCC1C(=O)NC(=O)CN1c1cccc(F)c1CNC. The van der Waals surface area contributed by atoms with Crippen LogP contribution in [0.15, 0.2) is 18.2 Å². The summed E-state index contributed by atoms with van der Waals surface area (Å²) in [7, 11) is 1.72. The van der Waals surface area contributed by atoms with Gasteiger partial charge in [0.25, 0.3) is 0 Å². The van der Waals surface area contributed by atoms with Crippen LogP contribution in [0.4, 0.5) is 10.1 Å². The topological polar surface area (TPSA) is 61.4 Å². The molecule has 1 atom stereocenters. The minimum atomic E-state index is -0.454. The summed E-state index contributed by atoms with van der Waals surface area (Å²) in [6.45, 7) is 2.26. The predicted molar refractivity (Wildman–Crippen MR) is 73.7 cm³/mol. The van der Waals surface area contributed by atoms with E-state index in [-0.39, 0.29) is 24.2 Å². The molecule has 0 saturated carbocycles. The molecule has 1 fully saturated rings. The highest BCUT2D eigenvalue weighted by Crippen LogP contribution is 2.27. The Morgan fingerprint density at radius 1 is 1.45 bits per heavy atom. The molecule has 1 aromatic rings. The van der Waals surface area contributed by atoms with Crippen molar-refractivity contribution in [3.8, 4) is 0 Å². The Labute approximate surface area is 117 Å². The highest BCUT2D eigenvalue weighted by molar-refractivity contribution is 6.04. The first-order valence-electron chi connectivity index (χ1n) is 6.60. The number of rotatable bonds is 4. The molecule has 108 valence electrons.